The van der Waals surface area contributed by atoms with Crippen LogP contribution in [0, 0.1) is 6.92 Å². The highest BCUT2D eigenvalue weighted by Crippen LogP contribution is 2.52. The van der Waals surface area contributed by atoms with E-state index in [2.05, 4.69) is 87.8 Å². The van der Waals surface area contributed by atoms with Crippen molar-refractivity contribution >= 4 is 15.9 Å². The highest BCUT2D eigenvalue weighted by Gasteiger charge is 2.39. The van der Waals surface area contributed by atoms with E-state index in [4.69, 9.17) is 0 Å². The molecular formula is C20H23Br. The zero-order chi connectivity index (χ0) is 15.6. The second-order valence-electron chi connectivity index (χ2n) is 7.80. The van der Waals surface area contributed by atoms with Crippen molar-refractivity contribution < 1.29 is 0 Å². The number of hydrogen-bond acceptors (Lipinski definition) is 0. The van der Waals surface area contributed by atoms with Crippen LogP contribution in [0.1, 0.15) is 56.9 Å². The van der Waals surface area contributed by atoms with Crippen molar-refractivity contribution in [3.05, 3.63) is 57.1 Å². The molecule has 1 aliphatic rings. The third kappa shape index (κ3) is 2.17. The van der Waals surface area contributed by atoms with E-state index in [-0.39, 0.29) is 10.8 Å². The lowest BCUT2D eigenvalue weighted by molar-refractivity contribution is 0.556. The monoisotopic (exact) mass is 342 g/mol. The Kier molecular flexibility index (Phi) is 3.15. The fourth-order valence-electron chi connectivity index (χ4n) is 3.68. The Morgan fingerprint density at radius 3 is 2.24 bits per heavy atom. The van der Waals surface area contributed by atoms with Gasteiger partial charge in [-0.05, 0) is 52.3 Å². The van der Waals surface area contributed by atoms with E-state index in [1.807, 2.05) is 0 Å². The lowest BCUT2D eigenvalue weighted by Gasteiger charge is -2.30. The fraction of sp³-hybridized carbons (Fsp3) is 0.400. The SMILES string of the molecule is Cc1cc2c(c(C(C)(C)C)c1)C(C)(C)c1ccc(Br)cc1-2. The molecule has 0 spiro atoms. The van der Waals surface area contributed by atoms with E-state index in [0.29, 0.717) is 0 Å². The summed E-state index contributed by atoms with van der Waals surface area (Å²) < 4.78 is 1.16. The van der Waals surface area contributed by atoms with Crippen LogP contribution >= 0.6 is 15.9 Å². The van der Waals surface area contributed by atoms with Gasteiger partial charge in [0, 0.05) is 9.89 Å². The van der Waals surface area contributed by atoms with E-state index in [1.165, 1.54) is 33.4 Å². The van der Waals surface area contributed by atoms with Gasteiger partial charge in [-0.1, -0.05) is 74.3 Å². The number of hydrogen-bond donors (Lipinski definition) is 0. The summed E-state index contributed by atoms with van der Waals surface area (Å²) in [6, 6.07) is 11.4. The molecule has 3 rings (SSSR count). The van der Waals surface area contributed by atoms with Gasteiger partial charge < -0.3 is 0 Å². The van der Waals surface area contributed by atoms with Crippen molar-refractivity contribution in [2.24, 2.45) is 0 Å². The average Bonchev–Trinajstić information content (AvgIpc) is 2.56. The predicted molar refractivity (Wildman–Crippen MR) is 95.1 cm³/mol. The summed E-state index contributed by atoms with van der Waals surface area (Å²) in [5.41, 5.74) is 8.82. The highest BCUT2D eigenvalue weighted by molar-refractivity contribution is 9.10. The zero-order valence-corrected chi connectivity index (χ0v) is 15.4. The number of benzene rings is 2. The smallest absolute Gasteiger partial charge is 0.0181 e. The molecule has 2 aromatic rings. The second-order valence-corrected chi connectivity index (χ2v) is 8.72. The summed E-state index contributed by atoms with van der Waals surface area (Å²) in [4.78, 5) is 0. The number of fused-ring (bicyclic) bond motifs is 3. The summed E-state index contributed by atoms with van der Waals surface area (Å²) >= 11 is 3.63. The van der Waals surface area contributed by atoms with E-state index < -0.39 is 0 Å². The molecule has 0 unspecified atom stereocenters. The zero-order valence-electron chi connectivity index (χ0n) is 13.8. The van der Waals surface area contributed by atoms with Gasteiger partial charge in [0.1, 0.15) is 0 Å². The van der Waals surface area contributed by atoms with E-state index in [1.54, 1.807) is 0 Å². The lowest BCUT2D eigenvalue weighted by Crippen LogP contribution is -2.23. The molecule has 0 atom stereocenters. The Hall–Kier alpha value is -1.08. The van der Waals surface area contributed by atoms with Crippen molar-refractivity contribution in [1.82, 2.24) is 0 Å². The number of rotatable bonds is 0. The molecule has 0 fully saturated rings. The first-order valence-corrected chi connectivity index (χ1v) is 8.37. The standard InChI is InChI=1S/C20H23Br/c1-12-9-15-14-11-13(21)7-8-16(14)20(5,6)18(15)17(10-12)19(2,3)4/h7-11H,1-6H3. The minimum atomic E-state index is 0.0711. The van der Waals surface area contributed by atoms with Crippen molar-refractivity contribution in [2.45, 2.75) is 52.4 Å². The minimum Gasteiger partial charge on any atom is -0.0564 e. The van der Waals surface area contributed by atoms with Crippen LogP contribution < -0.4 is 0 Å². The van der Waals surface area contributed by atoms with Crippen molar-refractivity contribution in [3.63, 3.8) is 0 Å². The first-order valence-electron chi connectivity index (χ1n) is 7.58. The number of halogens is 1. The Labute approximate surface area is 136 Å². The summed E-state index contributed by atoms with van der Waals surface area (Å²) in [6.07, 6.45) is 0. The van der Waals surface area contributed by atoms with Crippen LogP contribution in [0.3, 0.4) is 0 Å². The van der Waals surface area contributed by atoms with Gasteiger partial charge in [0.05, 0.1) is 0 Å². The summed E-state index contributed by atoms with van der Waals surface area (Å²) in [7, 11) is 0. The molecule has 0 bridgehead atoms. The van der Waals surface area contributed by atoms with Crippen molar-refractivity contribution in [3.8, 4) is 11.1 Å². The summed E-state index contributed by atoms with van der Waals surface area (Å²) in [6.45, 7) is 13.9. The Bertz CT molecular complexity index is 730. The molecule has 110 valence electrons. The molecule has 1 heteroatoms. The maximum absolute atomic E-state index is 3.63. The summed E-state index contributed by atoms with van der Waals surface area (Å²) in [5.74, 6) is 0. The molecule has 0 aromatic heterocycles. The molecule has 0 radical (unpaired) electrons. The molecule has 0 aliphatic heterocycles. The van der Waals surface area contributed by atoms with E-state index in [0.717, 1.165) is 4.47 Å². The molecule has 0 saturated heterocycles. The molecule has 2 aromatic carbocycles. The van der Waals surface area contributed by atoms with Crippen LogP contribution in [0.15, 0.2) is 34.8 Å². The van der Waals surface area contributed by atoms with Crippen LogP contribution in [-0.2, 0) is 10.8 Å². The van der Waals surface area contributed by atoms with E-state index >= 15 is 0 Å². The molecule has 0 N–H and O–H groups in total. The number of aryl methyl sites for hydroxylation is 1. The van der Waals surface area contributed by atoms with Gasteiger partial charge in [-0.25, -0.2) is 0 Å². The van der Waals surface area contributed by atoms with Gasteiger partial charge in [-0.3, -0.25) is 0 Å². The molecule has 21 heavy (non-hydrogen) atoms. The van der Waals surface area contributed by atoms with Gasteiger partial charge in [-0.2, -0.15) is 0 Å². The first-order chi connectivity index (χ1) is 9.62. The average molecular weight is 343 g/mol. The summed E-state index contributed by atoms with van der Waals surface area (Å²) in [5, 5.41) is 0. The molecule has 0 saturated carbocycles. The lowest BCUT2D eigenvalue weighted by atomic mass is 9.73. The Morgan fingerprint density at radius 2 is 1.62 bits per heavy atom. The molecular weight excluding hydrogens is 320 g/mol. The van der Waals surface area contributed by atoms with Crippen LogP contribution in [0.5, 0.6) is 0 Å². The second kappa shape index (κ2) is 4.46. The largest absolute Gasteiger partial charge is 0.0564 e. The molecule has 0 nitrogen and oxygen atoms in total. The van der Waals surface area contributed by atoms with Crippen molar-refractivity contribution in [1.29, 1.82) is 0 Å². The molecule has 1 aliphatic carbocycles. The highest BCUT2D eigenvalue weighted by atomic mass is 79.9. The van der Waals surface area contributed by atoms with Gasteiger partial charge >= 0.3 is 0 Å². The van der Waals surface area contributed by atoms with Crippen molar-refractivity contribution in [2.75, 3.05) is 0 Å². The topological polar surface area (TPSA) is 0 Å². The van der Waals surface area contributed by atoms with E-state index in [9.17, 15) is 0 Å². The van der Waals surface area contributed by atoms with Gasteiger partial charge in [0.25, 0.3) is 0 Å². The quantitative estimate of drug-likeness (QED) is 0.522. The van der Waals surface area contributed by atoms with Crippen LogP contribution in [0.2, 0.25) is 0 Å². The minimum absolute atomic E-state index is 0.0711. The molecule has 0 heterocycles. The van der Waals surface area contributed by atoms with Crippen LogP contribution in [0.4, 0.5) is 0 Å². The maximum Gasteiger partial charge on any atom is 0.0181 e. The Morgan fingerprint density at radius 1 is 0.952 bits per heavy atom. The third-order valence-electron chi connectivity index (χ3n) is 4.66. The normalized spacial score (nSPS) is 15.8. The van der Waals surface area contributed by atoms with Crippen LogP contribution in [0.25, 0.3) is 11.1 Å². The third-order valence-corrected chi connectivity index (χ3v) is 5.15. The van der Waals surface area contributed by atoms with Gasteiger partial charge in [-0.15, -0.1) is 0 Å². The maximum atomic E-state index is 3.63. The predicted octanol–water partition coefficient (Wildman–Crippen LogP) is 6.36. The first kappa shape index (κ1) is 14.8. The van der Waals surface area contributed by atoms with Gasteiger partial charge in [0.15, 0.2) is 0 Å². The molecule has 0 amide bonds. The van der Waals surface area contributed by atoms with Gasteiger partial charge in [0.2, 0.25) is 0 Å². The Balaban J connectivity index is 2.43. The van der Waals surface area contributed by atoms with Crippen LogP contribution in [-0.4, -0.2) is 0 Å². The fourth-order valence-corrected chi connectivity index (χ4v) is 4.04.